The number of carbonyl (C=O) groups is 5. The minimum atomic E-state index is -4.45. The Labute approximate surface area is 441 Å². The highest BCUT2D eigenvalue weighted by Gasteiger charge is 2.30. The molecule has 0 bridgehead atoms. The van der Waals surface area contributed by atoms with Crippen molar-refractivity contribution in [2.45, 2.75) is 187 Å². The molecule has 0 heterocycles. The standard InChI is InChI=1S/C29H38Cl2N2O4.C29H38F3NO3/c1-2-3-4-5-6-7-8-9-10-11-12-27(34)32-26-15-13-22(14-16-26)20-33(28(35)29(36)37)21-23-17-24(30)19-25(31)18-23;1-2-3-4-5-6-7-8-9-10-11-12-23-13-15-24(16-14-23)21-33(27(34)28(35)36)22-25-17-19-26(20-18-25)29(30,31)32/h13-19H,2-12,20-21H2,1H3,(H,32,34)(H,36,37);13-20H,2-12,21-22H2,1H3,(H,35,36). The van der Waals surface area contributed by atoms with E-state index in [9.17, 15) is 47.4 Å². The minimum Gasteiger partial charge on any atom is -0.474 e. The molecule has 15 heteroatoms. The number of hydrogen-bond donors (Lipinski definition) is 3. The fourth-order valence-corrected chi connectivity index (χ4v) is 8.94. The summed E-state index contributed by atoms with van der Waals surface area (Å²) in [6.45, 7) is 4.56. The van der Waals surface area contributed by atoms with E-state index in [4.69, 9.17) is 23.2 Å². The SMILES string of the molecule is CCCCCCCCCCCCC(=O)Nc1ccc(CN(Cc2cc(Cl)cc(Cl)c2)C(=O)C(=O)O)cc1.CCCCCCCCCCCCc1ccc(CN(Cc2ccc(C(F)(F)F)cc2)C(=O)C(=O)O)cc1. The monoisotopic (exact) mass is 1050 g/mol. The molecule has 0 aliphatic rings. The number of benzene rings is 4. The van der Waals surface area contributed by atoms with Gasteiger partial charge in [-0.05, 0) is 89.5 Å². The highest BCUT2D eigenvalue weighted by atomic mass is 35.5. The van der Waals surface area contributed by atoms with E-state index < -0.39 is 35.5 Å². The van der Waals surface area contributed by atoms with Gasteiger partial charge in [-0.25, -0.2) is 9.59 Å². The molecule has 0 aliphatic carbocycles. The molecule has 0 unspecified atom stereocenters. The molecule has 0 aliphatic heterocycles. The summed E-state index contributed by atoms with van der Waals surface area (Å²) >= 11 is 12.1. The molecule has 10 nitrogen and oxygen atoms in total. The highest BCUT2D eigenvalue weighted by molar-refractivity contribution is 6.34. The molecule has 0 saturated heterocycles. The Morgan fingerprint density at radius 1 is 0.466 bits per heavy atom. The molecular weight excluding hydrogens is 979 g/mol. The normalized spacial score (nSPS) is 11.1. The van der Waals surface area contributed by atoms with Crippen molar-refractivity contribution in [1.29, 1.82) is 0 Å². The molecule has 400 valence electrons. The second kappa shape index (κ2) is 34.9. The Kier molecular flexibility index (Phi) is 29.6. The zero-order valence-corrected chi connectivity index (χ0v) is 44.3. The summed E-state index contributed by atoms with van der Waals surface area (Å²) < 4.78 is 38.4. The van der Waals surface area contributed by atoms with E-state index in [2.05, 4.69) is 19.2 Å². The van der Waals surface area contributed by atoms with Crippen LogP contribution in [0.5, 0.6) is 0 Å². The molecule has 0 atom stereocenters. The van der Waals surface area contributed by atoms with Crippen LogP contribution in [0.3, 0.4) is 0 Å². The van der Waals surface area contributed by atoms with Crippen LogP contribution in [0.25, 0.3) is 0 Å². The van der Waals surface area contributed by atoms with E-state index in [1.807, 2.05) is 24.3 Å². The lowest BCUT2D eigenvalue weighted by Gasteiger charge is -2.21. The molecule has 4 aromatic carbocycles. The summed E-state index contributed by atoms with van der Waals surface area (Å²) in [4.78, 5) is 61.7. The number of anilines is 1. The number of aryl methyl sites for hydroxylation is 1. The van der Waals surface area contributed by atoms with E-state index in [1.54, 1.807) is 42.5 Å². The fraction of sp³-hybridized carbons (Fsp3) is 0.500. The molecule has 4 aromatic rings. The van der Waals surface area contributed by atoms with E-state index in [0.29, 0.717) is 33.3 Å². The van der Waals surface area contributed by atoms with Gasteiger partial charge >= 0.3 is 29.9 Å². The van der Waals surface area contributed by atoms with Crippen LogP contribution in [0.2, 0.25) is 10.0 Å². The van der Waals surface area contributed by atoms with Crippen molar-refractivity contribution in [3.63, 3.8) is 0 Å². The number of unbranched alkanes of at least 4 members (excludes halogenated alkanes) is 18. The van der Waals surface area contributed by atoms with Gasteiger partial charge in [-0.15, -0.1) is 0 Å². The first kappa shape index (κ1) is 61.9. The van der Waals surface area contributed by atoms with Crippen molar-refractivity contribution < 1.29 is 47.4 Å². The van der Waals surface area contributed by atoms with E-state index in [-0.39, 0.29) is 32.1 Å². The Morgan fingerprint density at radius 3 is 1.21 bits per heavy atom. The molecule has 0 fully saturated rings. The Bertz CT molecular complexity index is 2240. The average molecular weight is 1060 g/mol. The Balaban J connectivity index is 0.000000385. The number of carboxylic acid groups (broad SMARTS) is 2. The molecule has 0 saturated carbocycles. The largest absolute Gasteiger partial charge is 0.474 e. The van der Waals surface area contributed by atoms with Crippen molar-refractivity contribution in [2.24, 2.45) is 0 Å². The van der Waals surface area contributed by atoms with Gasteiger partial charge in [0.15, 0.2) is 0 Å². The number of rotatable bonds is 31. The predicted octanol–water partition coefficient (Wildman–Crippen LogP) is 15.6. The number of nitrogens with one attached hydrogen (secondary N) is 1. The van der Waals surface area contributed by atoms with Gasteiger partial charge in [0.2, 0.25) is 5.91 Å². The van der Waals surface area contributed by atoms with Crippen molar-refractivity contribution in [3.05, 3.63) is 134 Å². The van der Waals surface area contributed by atoms with E-state index in [1.165, 1.54) is 132 Å². The van der Waals surface area contributed by atoms with Crippen LogP contribution in [0, 0.1) is 0 Å². The van der Waals surface area contributed by atoms with Gasteiger partial charge in [0.1, 0.15) is 0 Å². The maximum Gasteiger partial charge on any atom is 0.416 e. The first-order valence-electron chi connectivity index (χ1n) is 26.1. The lowest BCUT2D eigenvalue weighted by molar-refractivity contribution is -0.156. The van der Waals surface area contributed by atoms with Crippen molar-refractivity contribution in [2.75, 3.05) is 5.32 Å². The molecule has 0 aromatic heterocycles. The van der Waals surface area contributed by atoms with Crippen LogP contribution >= 0.6 is 23.2 Å². The maximum absolute atomic E-state index is 12.8. The molecule has 73 heavy (non-hydrogen) atoms. The summed E-state index contributed by atoms with van der Waals surface area (Å²) in [5.41, 5.74) is 3.62. The minimum absolute atomic E-state index is 0.0205. The number of alkyl halides is 3. The molecule has 4 rings (SSSR count). The quantitative estimate of drug-likeness (QED) is 0.0336. The van der Waals surface area contributed by atoms with Crippen molar-refractivity contribution in [3.8, 4) is 0 Å². The lowest BCUT2D eigenvalue weighted by atomic mass is 10.0. The van der Waals surface area contributed by atoms with E-state index >= 15 is 0 Å². The highest BCUT2D eigenvalue weighted by Crippen LogP contribution is 2.29. The van der Waals surface area contributed by atoms with Gasteiger partial charge in [-0.2, -0.15) is 13.2 Å². The van der Waals surface area contributed by atoms with Crippen molar-refractivity contribution >= 4 is 58.5 Å². The molecule has 0 radical (unpaired) electrons. The second-order valence-electron chi connectivity index (χ2n) is 18.8. The van der Waals surface area contributed by atoms with Gasteiger partial charge in [0.05, 0.1) is 5.56 Å². The van der Waals surface area contributed by atoms with Crippen LogP contribution in [-0.4, -0.2) is 49.7 Å². The van der Waals surface area contributed by atoms with Gasteiger partial charge in [0.25, 0.3) is 0 Å². The third-order valence-corrected chi connectivity index (χ3v) is 12.9. The molecule has 3 amide bonds. The van der Waals surface area contributed by atoms with Crippen LogP contribution in [0.4, 0.5) is 18.9 Å². The number of hydrogen-bond acceptors (Lipinski definition) is 5. The molecule has 0 spiro atoms. The van der Waals surface area contributed by atoms with Gasteiger partial charge in [-0.1, -0.05) is 201 Å². The third kappa shape index (κ3) is 26.4. The first-order valence-corrected chi connectivity index (χ1v) is 26.9. The maximum atomic E-state index is 12.8. The smallest absolute Gasteiger partial charge is 0.416 e. The van der Waals surface area contributed by atoms with Gasteiger partial charge in [-0.3, -0.25) is 14.4 Å². The van der Waals surface area contributed by atoms with Crippen molar-refractivity contribution in [1.82, 2.24) is 9.80 Å². The van der Waals surface area contributed by atoms with Gasteiger partial charge < -0.3 is 25.3 Å². The number of carbonyl (C=O) groups excluding carboxylic acids is 3. The van der Waals surface area contributed by atoms with E-state index in [0.717, 1.165) is 53.8 Å². The Hall–Kier alpha value is -5.40. The molecular formula is C58H76Cl2F3N3O7. The third-order valence-electron chi connectivity index (χ3n) is 12.5. The summed E-state index contributed by atoms with van der Waals surface area (Å²) in [7, 11) is 0. The lowest BCUT2D eigenvalue weighted by Crippen LogP contribution is -2.35. The van der Waals surface area contributed by atoms with Crippen LogP contribution in [0.1, 0.15) is 182 Å². The zero-order chi connectivity index (χ0) is 53.4. The van der Waals surface area contributed by atoms with Crippen LogP contribution in [0.15, 0.2) is 91.0 Å². The zero-order valence-electron chi connectivity index (χ0n) is 42.8. The van der Waals surface area contributed by atoms with Crippen LogP contribution < -0.4 is 5.32 Å². The second-order valence-corrected chi connectivity index (χ2v) is 19.7. The predicted molar refractivity (Wildman–Crippen MR) is 285 cm³/mol. The topological polar surface area (TPSA) is 144 Å². The summed E-state index contributed by atoms with van der Waals surface area (Å²) in [6.07, 6.45) is 22.1. The fourth-order valence-electron chi connectivity index (χ4n) is 8.37. The average Bonchev–Trinajstić information content (AvgIpc) is 3.35. The Morgan fingerprint density at radius 2 is 0.808 bits per heavy atom. The first-order chi connectivity index (χ1) is 35.0. The number of nitrogens with zero attached hydrogens (tertiary/aromatic N) is 2. The van der Waals surface area contributed by atoms with Crippen LogP contribution in [-0.2, 0) is 62.7 Å². The summed E-state index contributed by atoms with van der Waals surface area (Å²) in [5, 5.41) is 22.1. The van der Waals surface area contributed by atoms with Gasteiger partial charge in [0, 0.05) is 48.3 Å². The molecule has 3 N–H and O–H groups in total. The number of carboxylic acids is 2. The number of halogens is 5. The number of aliphatic carboxylic acids is 2. The summed E-state index contributed by atoms with van der Waals surface area (Å²) in [5.74, 6) is -5.27. The summed E-state index contributed by atoms with van der Waals surface area (Å²) in [6, 6.07) is 24.0. The number of amides is 3.